The molecule has 1 rings (SSSR count). The predicted molar refractivity (Wildman–Crippen MR) is 65.3 cm³/mol. The molecule has 0 saturated carbocycles. The minimum Gasteiger partial charge on any atom is -0.396 e. The molecular weight excluding hydrogens is 186 g/mol. The van der Waals surface area contributed by atoms with E-state index in [0.717, 1.165) is 25.1 Å². The maximum absolute atomic E-state index is 8.63. The Morgan fingerprint density at radius 3 is 2.33 bits per heavy atom. The molecule has 0 spiro atoms. The van der Waals surface area contributed by atoms with Crippen molar-refractivity contribution in [3.63, 3.8) is 0 Å². The second-order valence-corrected chi connectivity index (χ2v) is 4.13. The third-order valence-corrected chi connectivity index (χ3v) is 2.49. The first kappa shape index (κ1) is 12.1. The molecule has 0 aromatic heterocycles. The number of unbranched alkanes of at least 4 members (excludes halogenated alkanes) is 1. The van der Waals surface area contributed by atoms with Gasteiger partial charge in [-0.25, -0.2) is 0 Å². The molecule has 1 aromatic rings. The number of aliphatic hydroxyl groups excluding tert-OH is 1. The van der Waals surface area contributed by atoms with Gasteiger partial charge in [-0.05, 0) is 36.5 Å². The number of benzene rings is 1. The van der Waals surface area contributed by atoms with Crippen LogP contribution in [0, 0.1) is 0 Å². The number of rotatable bonds is 6. The summed E-state index contributed by atoms with van der Waals surface area (Å²) in [6.45, 7) is 5.61. The predicted octanol–water partition coefficient (Wildman–Crippen LogP) is 2.99. The summed E-state index contributed by atoms with van der Waals surface area (Å²) in [5.74, 6) is 0.591. The van der Waals surface area contributed by atoms with Crippen LogP contribution in [0.15, 0.2) is 24.3 Å². The van der Waals surface area contributed by atoms with Crippen molar-refractivity contribution in [1.82, 2.24) is 0 Å². The standard InChI is InChI=1S/C13H21NO/c1-11(2)12-5-7-13(8-6-12)14-9-3-4-10-15/h5-8,11,14-15H,3-4,9-10H2,1-2H3. The van der Waals surface area contributed by atoms with E-state index in [1.54, 1.807) is 0 Å². The fraction of sp³-hybridized carbons (Fsp3) is 0.538. The molecule has 0 saturated heterocycles. The molecule has 0 heterocycles. The Labute approximate surface area is 92.3 Å². The highest BCUT2D eigenvalue weighted by atomic mass is 16.2. The molecule has 2 nitrogen and oxygen atoms in total. The van der Waals surface area contributed by atoms with Gasteiger partial charge in [0.15, 0.2) is 0 Å². The van der Waals surface area contributed by atoms with Crippen molar-refractivity contribution in [2.24, 2.45) is 0 Å². The van der Waals surface area contributed by atoms with E-state index in [1.807, 2.05) is 0 Å². The van der Waals surface area contributed by atoms with Crippen molar-refractivity contribution in [2.45, 2.75) is 32.6 Å². The molecule has 0 aliphatic carbocycles. The Kier molecular flexibility index (Phi) is 5.19. The fourth-order valence-corrected chi connectivity index (χ4v) is 1.46. The van der Waals surface area contributed by atoms with Crippen LogP contribution in [0.2, 0.25) is 0 Å². The zero-order valence-electron chi connectivity index (χ0n) is 9.66. The minimum absolute atomic E-state index is 0.286. The second kappa shape index (κ2) is 6.46. The molecular formula is C13H21NO. The van der Waals surface area contributed by atoms with Crippen LogP contribution >= 0.6 is 0 Å². The highest BCUT2D eigenvalue weighted by Crippen LogP contribution is 2.16. The lowest BCUT2D eigenvalue weighted by atomic mass is 10.0. The average Bonchev–Trinajstić information content (AvgIpc) is 2.25. The molecule has 1 aromatic carbocycles. The zero-order chi connectivity index (χ0) is 11.1. The van der Waals surface area contributed by atoms with Crippen molar-refractivity contribution in [2.75, 3.05) is 18.5 Å². The van der Waals surface area contributed by atoms with Crippen molar-refractivity contribution >= 4 is 5.69 Å². The number of anilines is 1. The van der Waals surface area contributed by atoms with Gasteiger partial charge in [0.2, 0.25) is 0 Å². The van der Waals surface area contributed by atoms with E-state index in [1.165, 1.54) is 5.56 Å². The highest BCUT2D eigenvalue weighted by Gasteiger charge is 1.98. The van der Waals surface area contributed by atoms with E-state index >= 15 is 0 Å². The van der Waals surface area contributed by atoms with Crippen LogP contribution in [-0.2, 0) is 0 Å². The van der Waals surface area contributed by atoms with Gasteiger partial charge in [0.25, 0.3) is 0 Å². The van der Waals surface area contributed by atoms with Crippen LogP contribution < -0.4 is 5.32 Å². The number of aliphatic hydroxyl groups is 1. The average molecular weight is 207 g/mol. The van der Waals surface area contributed by atoms with E-state index in [0.29, 0.717) is 5.92 Å². The smallest absolute Gasteiger partial charge is 0.0431 e. The monoisotopic (exact) mass is 207 g/mol. The Hall–Kier alpha value is -1.02. The second-order valence-electron chi connectivity index (χ2n) is 4.13. The van der Waals surface area contributed by atoms with Crippen molar-refractivity contribution in [3.05, 3.63) is 29.8 Å². The maximum Gasteiger partial charge on any atom is 0.0431 e. The van der Waals surface area contributed by atoms with Gasteiger partial charge in [-0.1, -0.05) is 26.0 Å². The van der Waals surface area contributed by atoms with Gasteiger partial charge in [-0.15, -0.1) is 0 Å². The molecule has 0 fully saturated rings. The first-order valence-electron chi connectivity index (χ1n) is 5.68. The molecule has 0 bridgehead atoms. The lowest BCUT2D eigenvalue weighted by molar-refractivity contribution is 0.286. The quantitative estimate of drug-likeness (QED) is 0.703. The summed E-state index contributed by atoms with van der Waals surface area (Å²) in [7, 11) is 0. The van der Waals surface area contributed by atoms with E-state index in [9.17, 15) is 0 Å². The normalized spacial score (nSPS) is 10.7. The lowest BCUT2D eigenvalue weighted by Gasteiger charge is -2.08. The molecule has 0 radical (unpaired) electrons. The minimum atomic E-state index is 0.286. The first-order valence-corrected chi connectivity index (χ1v) is 5.68. The van der Waals surface area contributed by atoms with E-state index in [4.69, 9.17) is 5.11 Å². The molecule has 84 valence electrons. The van der Waals surface area contributed by atoms with E-state index in [2.05, 4.69) is 43.4 Å². The van der Waals surface area contributed by atoms with Crippen LogP contribution in [0.25, 0.3) is 0 Å². The van der Waals surface area contributed by atoms with E-state index in [-0.39, 0.29) is 6.61 Å². The van der Waals surface area contributed by atoms with Crippen LogP contribution in [0.1, 0.15) is 38.2 Å². The summed E-state index contributed by atoms with van der Waals surface area (Å²) < 4.78 is 0. The number of nitrogens with one attached hydrogen (secondary N) is 1. The van der Waals surface area contributed by atoms with Crippen molar-refractivity contribution < 1.29 is 5.11 Å². The van der Waals surface area contributed by atoms with Crippen LogP contribution in [0.5, 0.6) is 0 Å². The highest BCUT2D eigenvalue weighted by molar-refractivity contribution is 5.44. The Morgan fingerprint density at radius 1 is 1.13 bits per heavy atom. The van der Waals surface area contributed by atoms with Gasteiger partial charge in [0.1, 0.15) is 0 Å². The van der Waals surface area contributed by atoms with Gasteiger partial charge >= 0.3 is 0 Å². The molecule has 0 amide bonds. The summed E-state index contributed by atoms with van der Waals surface area (Å²) in [6.07, 6.45) is 1.89. The largest absolute Gasteiger partial charge is 0.396 e. The van der Waals surface area contributed by atoms with E-state index < -0.39 is 0 Å². The molecule has 0 unspecified atom stereocenters. The Bertz CT molecular complexity index is 266. The Morgan fingerprint density at radius 2 is 1.80 bits per heavy atom. The zero-order valence-corrected chi connectivity index (χ0v) is 9.66. The summed E-state index contributed by atoms with van der Waals surface area (Å²) >= 11 is 0. The fourth-order valence-electron chi connectivity index (χ4n) is 1.46. The maximum atomic E-state index is 8.63. The molecule has 0 atom stereocenters. The Balaban J connectivity index is 2.36. The lowest BCUT2D eigenvalue weighted by Crippen LogP contribution is -2.02. The van der Waals surface area contributed by atoms with Crippen LogP contribution in [0.4, 0.5) is 5.69 Å². The number of hydrogen-bond donors (Lipinski definition) is 2. The third kappa shape index (κ3) is 4.34. The van der Waals surface area contributed by atoms with Crippen molar-refractivity contribution in [1.29, 1.82) is 0 Å². The van der Waals surface area contributed by atoms with Gasteiger partial charge in [0.05, 0.1) is 0 Å². The van der Waals surface area contributed by atoms with Gasteiger partial charge in [0, 0.05) is 18.8 Å². The van der Waals surface area contributed by atoms with Crippen LogP contribution in [0.3, 0.4) is 0 Å². The summed E-state index contributed by atoms with van der Waals surface area (Å²) in [5.41, 5.74) is 2.54. The number of hydrogen-bond acceptors (Lipinski definition) is 2. The summed E-state index contributed by atoms with van der Waals surface area (Å²) in [6, 6.07) is 8.57. The topological polar surface area (TPSA) is 32.3 Å². The van der Waals surface area contributed by atoms with Gasteiger partial charge in [-0.3, -0.25) is 0 Å². The van der Waals surface area contributed by atoms with Crippen molar-refractivity contribution in [3.8, 4) is 0 Å². The molecule has 0 aliphatic heterocycles. The molecule has 0 aliphatic rings. The SMILES string of the molecule is CC(C)c1ccc(NCCCCO)cc1. The first-order chi connectivity index (χ1) is 7.24. The molecule has 2 heteroatoms. The molecule has 15 heavy (non-hydrogen) atoms. The van der Waals surface area contributed by atoms with Gasteiger partial charge in [-0.2, -0.15) is 0 Å². The summed E-state index contributed by atoms with van der Waals surface area (Å²) in [4.78, 5) is 0. The molecule has 2 N–H and O–H groups in total. The van der Waals surface area contributed by atoms with Gasteiger partial charge < -0.3 is 10.4 Å². The van der Waals surface area contributed by atoms with Crippen LogP contribution in [-0.4, -0.2) is 18.3 Å². The summed E-state index contributed by atoms with van der Waals surface area (Å²) in [5, 5.41) is 12.0. The third-order valence-electron chi connectivity index (χ3n) is 2.49.